The molecule has 1 atom stereocenters. The van der Waals surface area contributed by atoms with Gasteiger partial charge in [0.2, 0.25) is 5.91 Å². The van der Waals surface area contributed by atoms with Crippen molar-refractivity contribution in [2.24, 2.45) is 5.73 Å². The zero-order valence-electron chi connectivity index (χ0n) is 12.4. The molecule has 4 nitrogen and oxygen atoms in total. The maximum Gasteiger partial charge on any atom is 0.226 e. The summed E-state index contributed by atoms with van der Waals surface area (Å²) in [6, 6.07) is 6.13. The fraction of sp³-hybridized carbons (Fsp3) is 0.562. The van der Waals surface area contributed by atoms with E-state index in [1.165, 1.54) is 5.56 Å². The van der Waals surface area contributed by atoms with Gasteiger partial charge in [-0.2, -0.15) is 0 Å². The van der Waals surface area contributed by atoms with Gasteiger partial charge >= 0.3 is 0 Å². The molecule has 1 amide bonds. The number of benzene rings is 1. The molecule has 0 aromatic heterocycles. The molecule has 1 heterocycles. The van der Waals surface area contributed by atoms with Crippen LogP contribution in [0, 0.1) is 0 Å². The Balaban J connectivity index is 2.06. The van der Waals surface area contributed by atoms with Gasteiger partial charge in [0.15, 0.2) is 0 Å². The summed E-state index contributed by atoms with van der Waals surface area (Å²) in [5, 5.41) is 0. The van der Waals surface area contributed by atoms with E-state index in [1.54, 1.807) is 7.11 Å². The Bertz CT molecular complexity index is 472. The van der Waals surface area contributed by atoms with Crippen LogP contribution in [-0.2, 0) is 11.2 Å². The number of carbonyl (C=O) groups excluding carboxylic acids is 1. The number of hydrogen-bond donors (Lipinski definition) is 1. The first-order chi connectivity index (χ1) is 9.61. The minimum absolute atomic E-state index is 0.167. The first kappa shape index (κ1) is 14.9. The monoisotopic (exact) mass is 276 g/mol. The van der Waals surface area contributed by atoms with E-state index in [4.69, 9.17) is 10.5 Å². The normalized spacial score (nSPS) is 15.7. The number of fused-ring (bicyclic) bond motifs is 1. The number of nitrogens with zero attached hydrogens (tertiary/aromatic N) is 1. The van der Waals surface area contributed by atoms with Crippen LogP contribution in [0.4, 0.5) is 5.69 Å². The highest BCUT2D eigenvalue weighted by molar-refractivity contribution is 5.94. The number of carbonyl (C=O) groups is 1. The predicted octanol–water partition coefficient (Wildman–Crippen LogP) is 2.49. The maximum atomic E-state index is 12.4. The van der Waals surface area contributed by atoms with Crippen molar-refractivity contribution in [1.29, 1.82) is 0 Å². The summed E-state index contributed by atoms with van der Waals surface area (Å²) in [4.78, 5) is 14.3. The van der Waals surface area contributed by atoms with Crippen LogP contribution < -0.4 is 15.4 Å². The Morgan fingerprint density at radius 1 is 1.50 bits per heavy atom. The van der Waals surface area contributed by atoms with Crippen molar-refractivity contribution in [1.82, 2.24) is 0 Å². The van der Waals surface area contributed by atoms with Crippen molar-refractivity contribution >= 4 is 11.6 Å². The highest BCUT2D eigenvalue weighted by atomic mass is 16.5. The largest absolute Gasteiger partial charge is 0.497 e. The fourth-order valence-electron chi connectivity index (χ4n) is 2.67. The van der Waals surface area contributed by atoms with Crippen LogP contribution in [0.5, 0.6) is 5.75 Å². The molecule has 0 aliphatic carbocycles. The number of rotatable bonds is 5. The van der Waals surface area contributed by atoms with Crippen molar-refractivity contribution in [2.75, 3.05) is 18.6 Å². The van der Waals surface area contributed by atoms with Gasteiger partial charge in [-0.25, -0.2) is 0 Å². The summed E-state index contributed by atoms with van der Waals surface area (Å²) in [7, 11) is 1.67. The van der Waals surface area contributed by atoms with Crippen LogP contribution in [-0.4, -0.2) is 25.6 Å². The smallest absolute Gasteiger partial charge is 0.226 e. The maximum absolute atomic E-state index is 12.4. The van der Waals surface area contributed by atoms with Crippen molar-refractivity contribution in [3.05, 3.63) is 23.8 Å². The summed E-state index contributed by atoms with van der Waals surface area (Å²) in [6.07, 6.45) is 4.36. The Hall–Kier alpha value is -1.55. The molecule has 2 N–H and O–H groups in total. The lowest BCUT2D eigenvalue weighted by Crippen LogP contribution is -2.35. The second-order valence-corrected chi connectivity index (χ2v) is 5.51. The molecule has 20 heavy (non-hydrogen) atoms. The van der Waals surface area contributed by atoms with Crippen LogP contribution in [0.1, 0.15) is 38.2 Å². The van der Waals surface area contributed by atoms with Gasteiger partial charge in [-0.15, -0.1) is 0 Å². The zero-order chi connectivity index (χ0) is 14.5. The third-order valence-corrected chi connectivity index (χ3v) is 3.76. The van der Waals surface area contributed by atoms with E-state index < -0.39 is 0 Å². The zero-order valence-corrected chi connectivity index (χ0v) is 12.4. The van der Waals surface area contributed by atoms with Crippen LogP contribution in [0.3, 0.4) is 0 Å². The van der Waals surface area contributed by atoms with Crippen molar-refractivity contribution in [3.63, 3.8) is 0 Å². The van der Waals surface area contributed by atoms with Gasteiger partial charge < -0.3 is 15.4 Å². The third-order valence-electron chi connectivity index (χ3n) is 3.76. The standard InChI is InChI=1S/C16H24N2O2/c1-12(17)5-3-7-16(19)18-10-4-6-13-11-14(20-2)8-9-15(13)18/h8-9,11-12H,3-7,10,17H2,1-2H3. The highest BCUT2D eigenvalue weighted by Gasteiger charge is 2.22. The van der Waals surface area contributed by atoms with Gasteiger partial charge in [-0.3, -0.25) is 4.79 Å². The molecule has 0 fully saturated rings. The Labute approximate surface area is 120 Å². The van der Waals surface area contributed by atoms with E-state index in [0.29, 0.717) is 6.42 Å². The Morgan fingerprint density at radius 3 is 3.00 bits per heavy atom. The van der Waals surface area contributed by atoms with Gasteiger partial charge in [-0.1, -0.05) is 0 Å². The summed E-state index contributed by atoms with van der Waals surface area (Å²) in [6.45, 7) is 2.79. The Morgan fingerprint density at radius 2 is 2.30 bits per heavy atom. The molecule has 0 saturated heterocycles. The number of methoxy groups -OCH3 is 1. The molecule has 0 bridgehead atoms. The topological polar surface area (TPSA) is 55.6 Å². The van der Waals surface area contributed by atoms with Crippen molar-refractivity contribution in [2.45, 2.75) is 45.1 Å². The first-order valence-corrected chi connectivity index (χ1v) is 7.34. The van der Waals surface area contributed by atoms with E-state index in [9.17, 15) is 4.79 Å². The Kier molecular flexibility index (Phi) is 5.01. The van der Waals surface area contributed by atoms with E-state index in [-0.39, 0.29) is 11.9 Å². The molecule has 4 heteroatoms. The van der Waals surface area contributed by atoms with Crippen LogP contribution in [0.25, 0.3) is 0 Å². The average Bonchev–Trinajstić information content (AvgIpc) is 2.45. The molecule has 0 spiro atoms. The van der Waals surface area contributed by atoms with Crippen LogP contribution in [0.15, 0.2) is 18.2 Å². The summed E-state index contributed by atoms with van der Waals surface area (Å²) in [5.41, 5.74) is 7.98. The quantitative estimate of drug-likeness (QED) is 0.899. The summed E-state index contributed by atoms with van der Waals surface area (Å²) in [5.74, 6) is 1.06. The first-order valence-electron chi connectivity index (χ1n) is 7.34. The SMILES string of the molecule is COc1ccc2c(c1)CCCN2C(=O)CCCC(C)N. The minimum atomic E-state index is 0.167. The molecule has 1 aromatic carbocycles. The van der Waals surface area contributed by atoms with Crippen molar-refractivity contribution in [3.8, 4) is 5.75 Å². The highest BCUT2D eigenvalue weighted by Crippen LogP contribution is 2.31. The lowest BCUT2D eigenvalue weighted by molar-refractivity contribution is -0.118. The van der Waals surface area contributed by atoms with E-state index >= 15 is 0 Å². The lowest BCUT2D eigenvalue weighted by Gasteiger charge is -2.30. The van der Waals surface area contributed by atoms with Gasteiger partial charge in [0.1, 0.15) is 5.75 Å². The van der Waals surface area contributed by atoms with Gasteiger partial charge in [-0.05, 0) is 56.4 Å². The van der Waals surface area contributed by atoms with Gasteiger partial charge in [0, 0.05) is 24.7 Å². The number of amides is 1. The van der Waals surface area contributed by atoms with E-state index in [1.807, 2.05) is 30.0 Å². The summed E-state index contributed by atoms with van der Waals surface area (Å²) >= 11 is 0. The van der Waals surface area contributed by atoms with Crippen molar-refractivity contribution < 1.29 is 9.53 Å². The molecule has 2 rings (SSSR count). The second kappa shape index (κ2) is 6.75. The molecular weight excluding hydrogens is 252 g/mol. The van der Waals surface area contributed by atoms with Gasteiger partial charge in [0.05, 0.1) is 7.11 Å². The number of nitrogens with two attached hydrogens (primary N) is 1. The molecular formula is C16H24N2O2. The molecule has 1 unspecified atom stereocenters. The minimum Gasteiger partial charge on any atom is -0.497 e. The predicted molar refractivity (Wildman–Crippen MR) is 81.2 cm³/mol. The summed E-state index contributed by atoms with van der Waals surface area (Å²) < 4.78 is 5.25. The molecule has 110 valence electrons. The molecule has 0 radical (unpaired) electrons. The number of aryl methyl sites for hydroxylation is 1. The molecule has 1 aliphatic heterocycles. The van der Waals surface area contributed by atoms with E-state index in [2.05, 4.69) is 0 Å². The number of hydrogen-bond acceptors (Lipinski definition) is 3. The number of anilines is 1. The second-order valence-electron chi connectivity index (χ2n) is 5.51. The van der Waals surface area contributed by atoms with Crippen LogP contribution in [0.2, 0.25) is 0 Å². The molecule has 0 saturated carbocycles. The van der Waals surface area contributed by atoms with Gasteiger partial charge in [0.25, 0.3) is 0 Å². The van der Waals surface area contributed by atoms with E-state index in [0.717, 1.165) is 43.7 Å². The number of ether oxygens (including phenoxy) is 1. The molecule has 1 aliphatic rings. The fourth-order valence-corrected chi connectivity index (χ4v) is 2.67. The third kappa shape index (κ3) is 3.51. The molecule has 1 aromatic rings. The van der Waals surface area contributed by atoms with Crippen LogP contribution >= 0.6 is 0 Å². The lowest BCUT2D eigenvalue weighted by atomic mass is 10.0. The average molecular weight is 276 g/mol.